The predicted molar refractivity (Wildman–Crippen MR) is 353 cm³/mol. The van der Waals surface area contributed by atoms with Crippen LogP contribution in [0.1, 0.15) is 158 Å². The highest BCUT2D eigenvalue weighted by molar-refractivity contribution is 7.00. The number of hydrogen-bond donors (Lipinski definition) is 0. The van der Waals surface area contributed by atoms with Gasteiger partial charge in [-0.3, -0.25) is 0 Å². The van der Waals surface area contributed by atoms with Crippen LogP contribution in [-0.2, 0) is 21.7 Å². The first kappa shape index (κ1) is 26.6. The number of aromatic nitrogens is 1. The molecule has 1 aromatic heterocycles. The van der Waals surface area contributed by atoms with Gasteiger partial charge >= 0.3 is 0 Å². The molecule has 0 saturated carbocycles. The van der Waals surface area contributed by atoms with Gasteiger partial charge in [0.05, 0.1) is 74.7 Å². The Morgan fingerprint density at radius 2 is 0.890 bits per heavy atom. The van der Waals surface area contributed by atoms with Crippen LogP contribution in [0.2, 0.25) is 0 Å². The van der Waals surface area contributed by atoms with Gasteiger partial charge in [-0.25, -0.2) is 0 Å². The molecule has 0 spiro atoms. The van der Waals surface area contributed by atoms with E-state index in [1.807, 2.05) is 0 Å². The summed E-state index contributed by atoms with van der Waals surface area (Å²) in [5.74, 6) is 0. The Balaban J connectivity index is 1.24. The van der Waals surface area contributed by atoms with Gasteiger partial charge in [-0.05, 0) is 186 Å². The van der Waals surface area contributed by atoms with Crippen LogP contribution in [0.5, 0.6) is 0 Å². The third-order valence-corrected chi connectivity index (χ3v) is 14.8. The second-order valence-corrected chi connectivity index (χ2v) is 24.8. The Kier molecular flexibility index (Phi) is 5.91. The van der Waals surface area contributed by atoms with E-state index in [9.17, 15) is 39.8 Å². The van der Waals surface area contributed by atoms with Crippen LogP contribution in [0.4, 0.5) is 51.2 Å². The van der Waals surface area contributed by atoms with E-state index in [1.165, 1.54) is 16.4 Å². The molecular formula is C77H73BN4. The first-order valence-electron chi connectivity index (χ1n) is 43.8. The van der Waals surface area contributed by atoms with Crippen molar-refractivity contribution in [1.82, 2.24) is 4.57 Å². The van der Waals surface area contributed by atoms with Crippen molar-refractivity contribution in [3.63, 3.8) is 0 Å². The van der Waals surface area contributed by atoms with Crippen LogP contribution >= 0.6 is 0 Å². The Hall–Kier alpha value is -8.54. The topological polar surface area (TPSA) is 14.7 Å². The molecule has 3 aliphatic rings. The fraction of sp³-hybridized carbons (Fsp3) is 0.221. The van der Waals surface area contributed by atoms with Crippen molar-refractivity contribution in [2.45, 2.75) is 112 Å². The lowest BCUT2D eigenvalue weighted by Gasteiger charge is -2.46. The van der Waals surface area contributed by atoms with Gasteiger partial charge in [0.15, 0.2) is 0 Å². The van der Waals surface area contributed by atoms with E-state index in [4.69, 9.17) is 6.85 Å². The zero-order chi connectivity index (χ0) is 86.5. The van der Waals surface area contributed by atoms with Crippen LogP contribution in [0.15, 0.2) is 205 Å². The van der Waals surface area contributed by atoms with Gasteiger partial charge < -0.3 is 19.3 Å². The van der Waals surface area contributed by atoms with Gasteiger partial charge in [-0.2, -0.15) is 0 Å². The fourth-order valence-electron chi connectivity index (χ4n) is 10.6. The molecule has 0 saturated heterocycles. The number of benzene rings is 10. The van der Waals surface area contributed by atoms with Gasteiger partial charge in [-0.1, -0.05) is 198 Å². The minimum absolute atomic E-state index is 0.00174. The molecule has 0 fully saturated rings. The summed E-state index contributed by atoms with van der Waals surface area (Å²) in [6.07, 6.45) is 0. The molecule has 0 N–H and O–H groups in total. The standard InChI is InChI=1S/C77H73BN4/c1-48-42-68-71-69(43-48)82-70-46-56(77(11,12)13)45-62-61-44-55(76(8,9)10)32-41-65(61)81(72(62)70)66-21-17-20-64(73(66)82)78(71)63-40-39-60(79(57-35-28-53(29-36-57)74(2,3)4)58-37-30-54(31-38-58)75(5,6)7)47-67(63)80(68)59-33-26-52(27-34-59)51-24-22-50(23-25-51)49-18-15-14-16-19-49/h14-47H,1-13H3/i14D,15D,16D,17D,18D,19D,20D,21D,22D,23D,24D,25D,26D,27D,28D,29D,30D,31D,32D,33D,34D,35D,36D,37D,38D,39D,40D,41D,42D,43D,44D,45D,46D,47D. The third-order valence-electron chi connectivity index (χ3n) is 14.8. The quantitative estimate of drug-likeness (QED) is 0.154. The first-order valence-corrected chi connectivity index (χ1v) is 26.8. The van der Waals surface area contributed by atoms with Crippen LogP contribution < -0.4 is 31.1 Å². The van der Waals surface area contributed by atoms with E-state index in [-0.39, 0.29) is 73.1 Å². The summed E-state index contributed by atoms with van der Waals surface area (Å²) in [6, 6.07) is -29.9. The number of nitrogens with zero attached hydrogens (tertiary/aromatic N) is 4. The Labute approximate surface area is 534 Å². The third kappa shape index (κ3) is 8.24. The molecule has 5 heteroatoms. The van der Waals surface area contributed by atoms with Crippen molar-refractivity contribution in [3.8, 4) is 27.9 Å². The average molecular weight is 1100 g/mol. The van der Waals surface area contributed by atoms with Crippen molar-refractivity contribution < 1.29 is 46.6 Å². The smallest absolute Gasteiger partial charge is 0.252 e. The number of fused-ring (bicyclic) bond motifs is 9. The maximum atomic E-state index is 11.2. The molecule has 4 heterocycles. The molecule has 0 radical (unpaired) electrons. The molecule has 3 aliphatic heterocycles. The lowest BCUT2D eigenvalue weighted by atomic mass is 9.33. The monoisotopic (exact) mass is 1100 g/mol. The molecule has 0 bridgehead atoms. The number of anilines is 9. The summed E-state index contributed by atoms with van der Waals surface area (Å²) in [4.78, 5) is 2.65. The Morgan fingerprint density at radius 1 is 0.378 bits per heavy atom. The minimum Gasteiger partial charge on any atom is -0.311 e. The van der Waals surface area contributed by atoms with Crippen LogP contribution in [0.3, 0.4) is 0 Å². The highest BCUT2D eigenvalue weighted by atomic mass is 15.2. The average Bonchev–Trinajstić information content (AvgIpc) is 1.24. The molecule has 0 unspecified atom stereocenters. The Bertz CT molecular complexity index is 6250. The van der Waals surface area contributed by atoms with Crippen molar-refractivity contribution in [2.75, 3.05) is 14.7 Å². The van der Waals surface area contributed by atoms with E-state index >= 15 is 0 Å². The maximum absolute atomic E-state index is 11.2. The highest BCUT2D eigenvalue weighted by Gasteiger charge is 2.47. The fourth-order valence-corrected chi connectivity index (χ4v) is 10.6. The number of hydrogen-bond acceptors (Lipinski definition) is 3. The van der Waals surface area contributed by atoms with E-state index in [0.717, 1.165) is 4.90 Å². The summed E-state index contributed by atoms with van der Waals surface area (Å²) < 4.78 is 336. The molecule has 10 aromatic carbocycles. The lowest BCUT2D eigenvalue weighted by Crippen LogP contribution is -2.61. The summed E-state index contributed by atoms with van der Waals surface area (Å²) >= 11 is 0. The molecule has 11 aromatic rings. The molecule has 82 heavy (non-hydrogen) atoms. The maximum Gasteiger partial charge on any atom is 0.252 e. The van der Waals surface area contributed by atoms with E-state index in [2.05, 4.69) is 0 Å². The van der Waals surface area contributed by atoms with Gasteiger partial charge in [0.1, 0.15) is 0 Å². The zero-order valence-corrected chi connectivity index (χ0v) is 47.4. The summed E-state index contributed by atoms with van der Waals surface area (Å²) in [5.41, 5.74) is -17.6. The molecule has 404 valence electrons. The predicted octanol–water partition coefficient (Wildman–Crippen LogP) is 19.5. The Morgan fingerprint density at radius 3 is 1.46 bits per heavy atom. The highest BCUT2D eigenvalue weighted by Crippen LogP contribution is 2.54. The lowest BCUT2D eigenvalue weighted by molar-refractivity contribution is 0.590. The van der Waals surface area contributed by atoms with Crippen molar-refractivity contribution >= 4 is 96.1 Å². The first-order chi connectivity index (χ1) is 53.4. The largest absolute Gasteiger partial charge is 0.311 e. The van der Waals surface area contributed by atoms with Gasteiger partial charge in [0.25, 0.3) is 6.71 Å². The van der Waals surface area contributed by atoms with Crippen molar-refractivity contribution in [1.29, 1.82) is 0 Å². The second kappa shape index (κ2) is 18.2. The van der Waals surface area contributed by atoms with Gasteiger partial charge in [-0.15, -0.1) is 0 Å². The second-order valence-electron chi connectivity index (χ2n) is 24.8. The molecule has 4 nitrogen and oxygen atoms in total. The van der Waals surface area contributed by atoms with Crippen molar-refractivity contribution in [2.24, 2.45) is 0 Å². The molecule has 14 rings (SSSR count). The van der Waals surface area contributed by atoms with E-state index in [0.29, 0.717) is 4.90 Å². The minimum atomic E-state index is -2.08. The van der Waals surface area contributed by atoms with Crippen LogP contribution in [0, 0.1) is 6.92 Å². The summed E-state index contributed by atoms with van der Waals surface area (Å²) in [6.45, 7) is 19.0. The van der Waals surface area contributed by atoms with Gasteiger partial charge in [0.2, 0.25) is 0 Å². The normalized spacial score (nSPS) is 19.4. The van der Waals surface area contributed by atoms with Crippen molar-refractivity contribution in [3.05, 3.63) is 233 Å². The molecule has 0 aliphatic carbocycles. The van der Waals surface area contributed by atoms with Crippen LogP contribution in [0.25, 0.3) is 49.7 Å². The summed E-state index contributed by atoms with van der Waals surface area (Å²) in [5, 5.41) is -0.185. The molecular weight excluding hydrogens is 992 g/mol. The zero-order valence-electron chi connectivity index (χ0n) is 81.4. The summed E-state index contributed by atoms with van der Waals surface area (Å²) in [7, 11) is 0. The van der Waals surface area contributed by atoms with E-state index < -0.39 is 306 Å². The van der Waals surface area contributed by atoms with Crippen LogP contribution in [-0.4, -0.2) is 11.3 Å². The van der Waals surface area contributed by atoms with E-state index in [1.54, 1.807) is 83.1 Å². The number of para-hydroxylation sites is 1. The molecule has 0 atom stereocenters. The van der Waals surface area contributed by atoms with Gasteiger partial charge in [0, 0.05) is 50.6 Å². The SMILES string of the molecule is [2H]c1c([2H])c([2H])c(-c2c([2H])c([2H])c(-c3c([2H])c([2H])c(N4c5c([2H])c(N(c6c([2H])c([2H])c(C(C)(C)C)c([2H])c6[2H])c6c([2H])c([2H])c(C(C)(C)C)c([2H])c6[2H])c([2H])c([2H])c5B5c6c4c([2H])c(C)c([2H])c6N4c6c5c([2H])c([2H])c([2H])c6-n5c6c([2H])c([2H])c(C(C)(C)C)c([2H])c6c6c([2H])c(C(C)(C)C)c([2H])c4c65)c([2H])c3[2H])c([2H])c2[2H])c([2H])c1[2H]. The number of rotatable bonds is 6. The molecule has 0 amide bonds.